The largest absolute Gasteiger partial charge is 0.482 e. The zero-order valence-electron chi connectivity index (χ0n) is 23.8. The van der Waals surface area contributed by atoms with E-state index in [0.717, 1.165) is 26.7 Å². The van der Waals surface area contributed by atoms with Crippen molar-refractivity contribution >= 4 is 101 Å². The first-order chi connectivity index (χ1) is 21.3. The lowest BCUT2D eigenvalue weighted by Crippen LogP contribution is -2.16. The second kappa shape index (κ2) is 17.3. The highest BCUT2D eigenvalue weighted by atomic mass is 127. The average molecular weight is 973 g/mol. The second-order valence-electron chi connectivity index (χ2n) is 9.34. The Morgan fingerprint density at radius 3 is 1.78 bits per heavy atom. The number of ether oxygens (including phenoxy) is 2. The van der Waals surface area contributed by atoms with Gasteiger partial charge in [0.05, 0.1) is 16.1 Å². The van der Waals surface area contributed by atoms with Gasteiger partial charge in [0, 0.05) is 48.0 Å². The van der Waals surface area contributed by atoms with Crippen LogP contribution < -0.4 is 20.9 Å². The fourth-order valence-electron chi connectivity index (χ4n) is 3.74. The molecule has 0 spiro atoms. The monoisotopic (exact) mass is 971 g/mol. The molecular formula is C30H27Br2F2I2N5O4. The molecule has 9 nitrogen and oxygen atoms in total. The summed E-state index contributed by atoms with van der Waals surface area (Å²) in [5.41, 5.74) is 13.0. The first kappa shape index (κ1) is 36.8. The number of aromatic nitrogens is 2. The lowest BCUT2D eigenvalue weighted by atomic mass is 10.1. The number of rotatable bonds is 6. The predicted octanol–water partition coefficient (Wildman–Crippen LogP) is 8.30. The number of hydrogen-bond acceptors (Lipinski definition) is 8. The van der Waals surface area contributed by atoms with Crippen LogP contribution in [0.1, 0.15) is 50.0 Å². The van der Waals surface area contributed by atoms with E-state index in [1.807, 2.05) is 13.8 Å². The van der Waals surface area contributed by atoms with E-state index in [-0.39, 0.29) is 35.7 Å². The highest BCUT2D eigenvalue weighted by Gasteiger charge is 2.26. The topological polar surface area (TPSA) is 134 Å². The van der Waals surface area contributed by atoms with Crippen LogP contribution in [0.25, 0.3) is 0 Å². The number of imide groups is 1. The Labute approximate surface area is 303 Å². The molecule has 2 aromatic carbocycles. The van der Waals surface area contributed by atoms with Gasteiger partial charge in [-0.3, -0.25) is 9.59 Å². The van der Waals surface area contributed by atoms with Gasteiger partial charge in [0.2, 0.25) is 11.8 Å². The van der Waals surface area contributed by atoms with Crippen LogP contribution in [0.2, 0.25) is 0 Å². The summed E-state index contributed by atoms with van der Waals surface area (Å²) in [7, 11) is 0. The Bertz CT molecular complexity index is 1650. The summed E-state index contributed by atoms with van der Waals surface area (Å²) in [6.45, 7) is 3.70. The van der Waals surface area contributed by atoms with Gasteiger partial charge < -0.3 is 20.9 Å². The quantitative estimate of drug-likeness (QED) is 0.112. The van der Waals surface area contributed by atoms with Crippen LogP contribution in [0.5, 0.6) is 11.5 Å². The fraction of sp³-hybridized carbons (Fsp3) is 0.200. The number of carbonyl (C=O) groups excluding carboxylic acids is 2. The molecule has 238 valence electrons. The highest BCUT2D eigenvalue weighted by molar-refractivity contribution is 14.1. The van der Waals surface area contributed by atoms with E-state index in [1.54, 1.807) is 42.7 Å². The minimum atomic E-state index is -0.319. The Balaban J connectivity index is 0.000000198. The minimum Gasteiger partial charge on any atom is -0.482 e. The maximum absolute atomic E-state index is 13.3. The SMILES string of the molecule is C[C@@H](Oc1cc(Br)cnc1N)c1cc(F)ccc1I.C[C@@H](Oc1cccnc1N)c1cc(F)ccc1I.O=C1CCC(=O)N1Br. The van der Waals surface area contributed by atoms with E-state index in [2.05, 4.69) is 87.2 Å². The summed E-state index contributed by atoms with van der Waals surface area (Å²) >= 11 is 10.4. The van der Waals surface area contributed by atoms with Crippen molar-refractivity contribution in [1.29, 1.82) is 0 Å². The zero-order chi connectivity index (χ0) is 33.3. The summed E-state index contributed by atoms with van der Waals surface area (Å²) < 4.78 is 41.6. The van der Waals surface area contributed by atoms with Crippen molar-refractivity contribution in [2.75, 3.05) is 11.5 Å². The summed E-state index contributed by atoms with van der Waals surface area (Å²) in [6, 6.07) is 14.5. The number of amides is 2. The van der Waals surface area contributed by atoms with Gasteiger partial charge in [-0.15, -0.1) is 0 Å². The third kappa shape index (κ3) is 11.0. The lowest BCUT2D eigenvalue weighted by Gasteiger charge is -2.17. The van der Waals surface area contributed by atoms with Crippen LogP contribution >= 0.6 is 77.3 Å². The Kier molecular flexibility index (Phi) is 14.2. The molecule has 0 aliphatic carbocycles. The lowest BCUT2D eigenvalue weighted by molar-refractivity contribution is -0.131. The molecule has 45 heavy (non-hydrogen) atoms. The summed E-state index contributed by atoms with van der Waals surface area (Å²) in [5, 5.41) is 0. The van der Waals surface area contributed by atoms with Gasteiger partial charge in [-0.2, -0.15) is 0 Å². The third-order valence-corrected chi connectivity index (χ3v) is 9.23. The van der Waals surface area contributed by atoms with Gasteiger partial charge >= 0.3 is 0 Å². The molecule has 0 bridgehead atoms. The number of halogens is 6. The molecule has 0 radical (unpaired) electrons. The number of nitrogen functional groups attached to an aromatic ring is 2. The minimum absolute atomic E-state index is 0.144. The molecule has 0 unspecified atom stereocenters. The molecule has 1 aliphatic heterocycles. The van der Waals surface area contributed by atoms with Crippen molar-refractivity contribution < 1.29 is 27.8 Å². The van der Waals surface area contributed by atoms with Crippen LogP contribution in [0.3, 0.4) is 0 Å². The number of nitrogens with zero attached hydrogens (tertiary/aromatic N) is 3. The molecule has 2 atom stereocenters. The van der Waals surface area contributed by atoms with Gasteiger partial charge in [0.25, 0.3) is 0 Å². The van der Waals surface area contributed by atoms with Crippen LogP contribution in [0.15, 0.2) is 71.5 Å². The van der Waals surface area contributed by atoms with Crippen molar-refractivity contribution in [3.63, 3.8) is 0 Å². The molecule has 1 saturated heterocycles. The van der Waals surface area contributed by atoms with Gasteiger partial charge in [0.15, 0.2) is 23.1 Å². The Morgan fingerprint density at radius 1 is 0.822 bits per heavy atom. The van der Waals surface area contributed by atoms with Crippen molar-refractivity contribution in [3.05, 3.63) is 101 Å². The normalized spacial score (nSPS) is 13.6. The van der Waals surface area contributed by atoms with E-state index in [1.165, 1.54) is 24.3 Å². The smallest absolute Gasteiger partial charge is 0.239 e. The van der Waals surface area contributed by atoms with Crippen molar-refractivity contribution in [2.24, 2.45) is 0 Å². The average Bonchev–Trinajstić information content (AvgIpc) is 3.29. The maximum Gasteiger partial charge on any atom is 0.239 e. The Morgan fingerprint density at radius 2 is 1.31 bits per heavy atom. The van der Waals surface area contributed by atoms with Gasteiger partial charge in [0.1, 0.15) is 23.8 Å². The Hall–Kier alpha value is -2.64. The van der Waals surface area contributed by atoms with E-state index >= 15 is 0 Å². The van der Waals surface area contributed by atoms with E-state index in [0.29, 0.717) is 36.0 Å². The van der Waals surface area contributed by atoms with Gasteiger partial charge in [-0.25, -0.2) is 22.7 Å². The molecule has 2 aromatic heterocycles. The molecule has 4 aromatic rings. The van der Waals surface area contributed by atoms with Gasteiger partial charge in [-0.1, -0.05) is 0 Å². The van der Waals surface area contributed by atoms with E-state index in [4.69, 9.17) is 20.9 Å². The molecule has 3 heterocycles. The van der Waals surface area contributed by atoms with Crippen LogP contribution in [0.4, 0.5) is 20.4 Å². The number of benzene rings is 2. The molecule has 15 heteroatoms. The number of carbonyl (C=O) groups is 2. The van der Waals surface area contributed by atoms with Gasteiger partial charge in [-0.05, 0) is 130 Å². The molecule has 5 rings (SSSR count). The van der Waals surface area contributed by atoms with Crippen LogP contribution in [-0.4, -0.2) is 25.7 Å². The summed E-state index contributed by atoms with van der Waals surface area (Å²) in [4.78, 5) is 28.8. The van der Waals surface area contributed by atoms with Crippen molar-refractivity contribution in [2.45, 2.75) is 38.9 Å². The zero-order valence-corrected chi connectivity index (χ0v) is 31.3. The molecule has 1 aliphatic rings. The van der Waals surface area contributed by atoms with Crippen LogP contribution in [0, 0.1) is 18.8 Å². The predicted molar refractivity (Wildman–Crippen MR) is 191 cm³/mol. The molecule has 1 fully saturated rings. The number of anilines is 2. The fourth-order valence-corrected chi connectivity index (χ4v) is 5.95. The van der Waals surface area contributed by atoms with E-state index in [9.17, 15) is 18.4 Å². The standard InChI is InChI=1S/C13H11BrFIN2O.C13H12FIN2O.C4H4BrNO2/c1-7(10-5-9(15)2-3-11(10)16)19-12-4-8(14)6-18-13(12)17;1-8(10-7-9(14)4-5-11(10)15)18-12-3-2-6-17-13(12)16;5-6-3(7)1-2-4(6)8/h2-7H,1H3,(H2,17,18);2-8H,1H3,(H2,16,17);1-2H2/t7-;8-;/m11./s1. The number of hydrogen-bond donors (Lipinski definition) is 2. The van der Waals surface area contributed by atoms with Crippen LogP contribution in [-0.2, 0) is 9.59 Å². The maximum atomic E-state index is 13.3. The molecule has 2 amide bonds. The van der Waals surface area contributed by atoms with Crippen molar-refractivity contribution in [3.8, 4) is 11.5 Å². The molecule has 4 N–H and O–H groups in total. The molecular weight excluding hydrogens is 946 g/mol. The van der Waals surface area contributed by atoms with Crippen molar-refractivity contribution in [1.82, 2.24) is 13.9 Å². The second-order valence-corrected chi connectivity index (χ2v) is 13.3. The first-order valence-corrected chi connectivity index (χ1v) is 16.8. The number of nitrogens with two attached hydrogens (primary N) is 2. The van der Waals surface area contributed by atoms with E-state index < -0.39 is 0 Å². The highest BCUT2D eigenvalue weighted by Crippen LogP contribution is 2.31. The molecule has 0 saturated carbocycles. The number of pyridine rings is 2. The third-order valence-electron chi connectivity index (χ3n) is 6.04. The summed E-state index contributed by atoms with van der Waals surface area (Å²) in [5.74, 6) is 0.764. The first-order valence-electron chi connectivity index (χ1n) is 13.1. The summed E-state index contributed by atoms with van der Waals surface area (Å²) in [6.07, 6.45) is 3.28.